The van der Waals surface area contributed by atoms with Crippen molar-refractivity contribution in [1.29, 1.82) is 0 Å². The van der Waals surface area contributed by atoms with Gasteiger partial charge in [-0.2, -0.15) is 0 Å². The standard InChI is InChI=1S/C23H48O4S.K/c1-3-5-6-7-8-9-10-11-12-13-14-15-16-17-18-19-20-21-22-23(24,4-2)28(25,26)27;/h24H,3-22H2,1-2H3,(H,25,26,27);/q;+1/p-1. The second-order valence-corrected chi connectivity index (χ2v) is 10.2. The molecule has 1 atom stereocenters. The van der Waals surface area contributed by atoms with E-state index in [9.17, 15) is 18.1 Å². The van der Waals surface area contributed by atoms with E-state index in [2.05, 4.69) is 6.92 Å². The van der Waals surface area contributed by atoms with Crippen molar-refractivity contribution < 1.29 is 69.5 Å². The minimum Gasteiger partial charge on any atom is -0.746 e. The second kappa shape index (κ2) is 21.4. The molecular weight excluding hydrogens is 411 g/mol. The summed E-state index contributed by atoms with van der Waals surface area (Å²) >= 11 is 0. The molecule has 0 aromatic carbocycles. The van der Waals surface area contributed by atoms with Crippen LogP contribution in [0.15, 0.2) is 0 Å². The molecule has 0 amide bonds. The van der Waals surface area contributed by atoms with Crippen molar-refractivity contribution in [3.8, 4) is 0 Å². The summed E-state index contributed by atoms with van der Waals surface area (Å²) in [5.41, 5.74) is 0. The molecule has 0 bridgehead atoms. The van der Waals surface area contributed by atoms with E-state index in [0.717, 1.165) is 19.3 Å². The molecule has 0 aromatic rings. The first kappa shape index (κ1) is 32.7. The Labute approximate surface area is 224 Å². The van der Waals surface area contributed by atoms with Gasteiger partial charge < -0.3 is 9.66 Å². The third-order valence-electron chi connectivity index (χ3n) is 5.94. The van der Waals surface area contributed by atoms with Crippen molar-refractivity contribution in [1.82, 2.24) is 0 Å². The first-order chi connectivity index (χ1) is 13.4. The first-order valence-corrected chi connectivity index (χ1v) is 13.5. The molecule has 1 N–H and O–H groups in total. The summed E-state index contributed by atoms with van der Waals surface area (Å²) in [5, 5.41) is 9.89. The molecule has 0 aliphatic heterocycles. The molecule has 170 valence electrons. The number of hydrogen-bond acceptors (Lipinski definition) is 4. The summed E-state index contributed by atoms with van der Waals surface area (Å²) in [6, 6.07) is 0. The number of unbranched alkanes of at least 4 members (excludes halogenated alkanes) is 17. The van der Waals surface area contributed by atoms with E-state index in [1.807, 2.05) is 0 Å². The molecule has 0 aliphatic rings. The quantitative estimate of drug-likeness (QED) is 0.160. The molecule has 0 aliphatic carbocycles. The van der Waals surface area contributed by atoms with Crippen molar-refractivity contribution in [2.24, 2.45) is 0 Å². The fraction of sp³-hybridized carbons (Fsp3) is 1.00. The summed E-state index contributed by atoms with van der Waals surface area (Å²) in [6.45, 7) is 3.81. The maximum Gasteiger partial charge on any atom is 1.00 e. The molecular formula is C23H47KO4S. The predicted octanol–water partition coefficient (Wildman–Crippen LogP) is 4.07. The van der Waals surface area contributed by atoms with Gasteiger partial charge in [-0.05, 0) is 19.3 Å². The Bertz CT molecular complexity index is 442. The van der Waals surface area contributed by atoms with Gasteiger partial charge >= 0.3 is 51.4 Å². The average Bonchev–Trinajstić information content (AvgIpc) is 2.66. The van der Waals surface area contributed by atoms with Crippen LogP contribution in [0, 0.1) is 0 Å². The minimum absolute atomic E-state index is 0. The second-order valence-electron chi connectivity index (χ2n) is 8.51. The fourth-order valence-electron chi connectivity index (χ4n) is 3.78. The Morgan fingerprint density at radius 3 is 1.14 bits per heavy atom. The van der Waals surface area contributed by atoms with E-state index >= 15 is 0 Å². The van der Waals surface area contributed by atoms with Gasteiger partial charge in [0.05, 0.1) is 0 Å². The van der Waals surface area contributed by atoms with Crippen LogP contribution in [0.5, 0.6) is 0 Å². The Hall–Kier alpha value is 1.51. The van der Waals surface area contributed by atoms with Crippen molar-refractivity contribution in [2.75, 3.05) is 0 Å². The van der Waals surface area contributed by atoms with Crippen LogP contribution in [-0.4, -0.2) is 23.0 Å². The maximum absolute atomic E-state index is 11.1. The zero-order chi connectivity index (χ0) is 21.1. The van der Waals surface area contributed by atoms with Crippen LogP contribution in [0.25, 0.3) is 0 Å². The van der Waals surface area contributed by atoms with Gasteiger partial charge in [0.25, 0.3) is 0 Å². The Morgan fingerprint density at radius 1 is 0.621 bits per heavy atom. The van der Waals surface area contributed by atoms with Gasteiger partial charge in [-0.15, -0.1) is 0 Å². The van der Waals surface area contributed by atoms with Crippen LogP contribution in [0.3, 0.4) is 0 Å². The number of aliphatic hydroxyl groups is 1. The van der Waals surface area contributed by atoms with E-state index in [4.69, 9.17) is 0 Å². The molecule has 0 radical (unpaired) electrons. The van der Waals surface area contributed by atoms with Crippen LogP contribution in [-0.2, 0) is 10.1 Å². The Morgan fingerprint density at radius 2 is 0.897 bits per heavy atom. The Kier molecular flexibility index (Phi) is 24.1. The molecule has 0 rings (SSSR count). The molecule has 0 saturated heterocycles. The van der Waals surface area contributed by atoms with Crippen molar-refractivity contribution >= 4 is 10.1 Å². The topological polar surface area (TPSA) is 77.4 Å². The van der Waals surface area contributed by atoms with Gasteiger partial charge in [0.1, 0.15) is 10.1 Å². The van der Waals surface area contributed by atoms with Gasteiger partial charge in [0.2, 0.25) is 0 Å². The molecule has 6 heteroatoms. The summed E-state index contributed by atoms with van der Waals surface area (Å²) in [7, 11) is -4.63. The first-order valence-electron chi connectivity index (χ1n) is 12.0. The number of rotatable bonds is 21. The smallest absolute Gasteiger partial charge is 0.746 e. The molecule has 0 heterocycles. The van der Waals surface area contributed by atoms with Crippen molar-refractivity contribution in [3.63, 3.8) is 0 Å². The van der Waals surface area contributed by atoms with Gasteiger partial charge in [-0.3, -0.25) is 0 Å². The molecule has 0 saturated carbocycles. The summed E-state index contributed by atoms with van der Waals surface area (Å²) in [5.74, 6) is 0. The van der Waals surface area contributed by atoms with E-state index in [1.54, 1.807) is 6.92 Å². The van der Waals surface area contributed by atoms with Gasteiger partial charge in [0, 0.05) is 0 Å². The van der Waals surface area contributed by atoms with Crippen LogP contribution in [0.2, 0.25) is 0 Å². The van der Waals surface area contributed by atoms with E-state index in [1.165, 1.54) is 89.9 Å². The maximum atomic E-state index is 11.1. The van der Waals surface area contributed by atoms with Crippen LogP contribution in [0.1, 0.15) is 142 Å². The van der Waals surface area contributed by atoms with E-state index < -0.39 is 15.1 Å². The third-order valence-corrected chi connectivity index (χ3v) is 7.36. The van der Waals surface area contributed by atoms with Crippen LogP contribution >= 0.6 is 0 Å². The molecule has 0 spiro atoms. The molecule has 29 heavy (non-hydrogen) atoms. The van der Waals surface area contributed by atoms with Gasteiger partial charge in [-0.25, -0.2) is 8.42 Å². The normalized spacial score (nSPS) is 13.8. The molecule has 0 aromatic heterocycles. The largest absolute Gasteiger partial charge is 1.00 e. The predicted molar refractivity (Wildman–Crippen MR) is 118 cm³/mol. The summed E-state index contributed by atoms with van der Waals surface area (Å²) in [4.78, 5) is -2.07. The zero-order valence-corrected chi connectivity index (χ0v) is 23.7. The zero-order valence-electron chi connectivity index (χ0n) is 19.7. The van der Waals surface area contributed by atoms with Crippen LogP contribution < -0.4 is 51.4 Å². The number of hydrogen-bond donors (Lipinski definition) is 1. The Balaban J connectivity index is 0. The summed E-state index contributed by atoms with van der Waals surface area (Å²) in [6.07, 6.45) is 22.9. The monoisotopic (exact) mass is 458 g/mol. The molecule has 0 fully saturated rings. The van der Waals surface area contributed by atoms with E-state index in [0.29, 0.717) is 6.42 Å². The SMILES string of the molecule is CCCCCCCCCCCCCCCCCCCCC(O)(CC)S(=O)(=O)[O-].[K+]. The average molecular weight is 459 g/mol. The van der Waals surface area contributed by atoms with Gasteiger partial charge in [-0.1, -0.05) is 123 Å². The third kappa shape index (κ3) is 18.7. The van der Waals surface area contributed by atoms with Crippen molar-refractivity contribution in [2.45, 2.75) is 147 Å². The van der Waals surface area contributed by atoms with E-state index in [-0.39, 0.29) is 64.2 Å². The summed E-state index contributed by atoms with van der Waals surface area (Å²) < 4.78 is 33.3. The minimum atomic E-state index is -4.63. The fourth-order valence-corrected chi connectivity index (χ4v) is 4.53. The van der Waals surface area contributed by atoms with Crippen LogP contribution in [0.4, 0.5) is 0 Å². The molecule has 1 unspecified atom stereocenters. The van der Waals surface area contributed by atoms with Crippen molar-refractivity contribution in [3.05, 3.63) is 0 Å². The van der Waals surface area contributed by atoms with Gasteiger partial charge in [0.15, 0.2) is 4.93 Å². The molecule has 4 nitrogen and oxygen atoms in total.